The van der Waals surface area contributed by atoms with Gasteiger partial charge in [0.05, 0.1) is 0 Å². The third-order valence-electron chi connectivity index (χ3n) is 2.82. The van der Waals surface area contributed by atoms with Crippen molar-refractivity contribution in [2.24, 2.45) is 7.05 Å². The van der Waals surface area contributed by atoms with Gasteiger partial charge in [0, 0.05) is 31.5 Å². The van der Waals surface area contributed by atoms with Crippen LogP contribution in [0, 0.1) is 0 Å². The lowest BCUT2D eigenvalue weighted by atomic mass is 10.2. The van der Waals surface area contributed by atoms with Gasteiger partial charge in [0.25, 0.3) is 0 Å². The van der Waals surface area contributed by atoms with Gasteiger partial charge in [-0.2, -0.15) is 13.2 Å². The Morgan fingerprint density at radius 1 is 1.24 bits per heavy atom. The summed E-state index contributed by atoms with van der Waals surface area (Å²) in [6, 6.07) is 6.36. The fraction of sp³-hybridized carbons (Fsp3) is 0.385. The van der Waals surface area contributed by atoms with E-state index < -0.39 is 5.51 Å². The Morgan fingerprint density at radius 2 is 1.95 bits per heavy atom. The van der Waals surface area contributed by atoms with Crippen molar-refractivity contribution in [1.82, 2.24) is 20.1 Å². The average Bonchev–Trinajstić information content (AvgIpc) is 2.80. The van der Waals surface area contributed by atoms with E-state index in [1.54, 1.807) is 18.5 Å². The van der Waals surface area contributed by atoms with E-state index in [2.05, 4.69) is 15.5 Å². The minimum absolute atomic E-state index is 0.101. The van der Waals surface area contributed by atoms with E-state index in [-0.39, 0.29) is 16.7 Å². The lowest BCUT2D eigenvalue weighted by Gasteiger charge is -2.07. The van der Waals surface area contributed by atoms with Gasteiger partial charge in [-0.1, -0.05) is 12.1 Å². The van der Waals surface area contributed by atoms with E-state index >= 15 is 0 Å². The van der Waals surface area contributed by atoms with Crippen LogP contribution in [0.4, 0.5) is 13.2 Å². The van der Waals surface area contributed by atoms with Crippen LogP contribution >= 0.6 is 11.8 Å². The second-order valence-corrected chi connectivity index (χ2v) is 5.62. The van der Waals surface area contributed by atoms with E-state index in [4.69, 9.17) is 0 Å². The Balaban J connectivity index is 1.75. The van der Waals surface area contributed by atoms with Crippen molar-refractivity contribution in [2.75, 3.05) is 6.54 Å². The molecule has 4 nitrogen and oxygen atoms in total. The lowest BCUT2D eigenvalue weighted by Crippen LogP contribution is -2.18. The zero-order chi connectivity index (χ0) is 15.3. The number of rotatable bonds is 6. The molecule has 1 heterocycles. The summed E-state index contributed by atoms with van der Waals surface area (Å²) in [6.07, 6.45) is 2.39. The first-order chi connectivity index (χ1) is 9.94. The standard InChI is InChI=1S/C13H15F3N4S/c1-20-9-18-19-12(20)6-7-17-8-10-2-4-11(5-3-10)21-13(14,15)16/h2-5,9,17H,6-8H2,1H3. The number of halogens is 3. The second-order valence-electron chi connectivity index (χ2n) is 4.48. The van der Waals surface area contributed by atoms with Crippen molar-refractivity contribution in [3.8, 4) is 0 Å². The van der Waals surface area contributed by atoms with Crippen molar-refractivity contribution in [1.29, 1.82) is 0 Å². The van der Waals surface area contributed by atoms with Gasteiger partial charge in [0.15, 0.2) is 0 Å². The predicted molar refractivity (Wildman–Crippen MR) is 74.8 cm³/mol. The number of hydrogen-bond acceptors (Lipinski definition) is 4. The molecule has 0 saturated heterocycles. The molecule has 0 spiro atoms. The first-order valence-corrected chi connectivity index (χ1v) is 7.14. The van der Waals surface area contributed by atoms with Gasteiger partial charge in [-0.15, -0.1) is 10.2 Å². The van der Waals surface area contributed by atoms with Crippen molar-refractivity contribution in [2.45, 2.75) is 23.4 Å². The zero-order valence-corrected chi connectivity index (χ0v) is 12.2. The largest absolute Gasteiger partial charge is 0.446 e. The lowest BCUT2D eigenvalue weighted by molar-refractivity contribution is -0.0328. The molecular formula is C13H15F3N4S. The fourth-order valence-corrected chi connectivity index (χ4v) is 2.31. The molecule has 0 aliphatic heterocycles. The van der Waals surface area contributed by atoms with Crippen molar-refractivity contribution in [3.05, 3.63) is 42.0 Å². The number of alkyl halides is 3. The Bertz CT molecular complexity index is 566. The summed E-state index contributed by atoms with van der Waals surface area (Å²) in [6.45, 7) is 1.33. The van der Waals surface area contributed by atoms with Gasteiger partial charge >= 0.3 is 5.51 Å². The molecule has 8 heteroatoms. The maximum Gasteiger partial charge on any atom is 0.446 e. The molecule has 21 heavy (non-hydrogen) atoms. The molecule has 1 aromatic carbocycles. The third-order valence-corrected chi connectivity index (χ3v) is 3.56. The number of hydrogen-bond donors (Lipinski definition) is 1. The van der Waals surface area contributed by atoms with Crippen LogP contribution in [0.25, 0.3) is 0 Å². The van der Waals surface area contributed by atoms with Crippen LogP contribution in [0.1, 0.15) is 11.4 Å². The SMILES string of the molecule is Cn1cnnc1CCNCc1ccc(SC(F)(F)F)cc1. The molecule has 0 amide bonds. The van der Waals surface area contributed by atoms with Crippen molar-refractivity contribution < 1.29 is 13.2 Å². The van der Waals surface area contributed by atoms with Gasteiger partial charge in [0.2, 0.25) is 0 Å². The molecule has 2 aromatic rings. The van der Waals surface area contributed by atoms with Crippen molar-refractivity contribution >= 4 is 11.8 Å². The van der Waals surface area contributed by atoms with Crippen LogP contribution in [0.15, 0.2) is 35.5 Å². The number of nitrogens with zero attached hydrogens (tertiary/aromatic N) is 3. The van der Waals surface area contributed by atoms with Crippen LogP contribution in [0.3, 0.4) is 0 Å². The minimum Gasteiger partial charge on any atom is -0.321 e. The van der Waals surface area contributed by atoms with Gasteiger partial charge in [-0.05, 0) is 29.5 Å². The Labute approximate surface area is 124 Å². The number of aryl methyl sites for hydroxylation is 1. The highest BCUT2D eigenvalue weighted by atomic mass is 32.2. The highest BCUT2D eigenvalue weighted by Crippen LogP contribution is 2.36. The maximum absolute atomic E-state index is 12.2. The Hall–Kier alpha value is -1.54. The molecule has 0 bridgehead atoms. The average molecular weight is 316 g/mol. The summed E-state index contributed by atoms with van der Waals surface area (Å²) in [4.78, 5) is 0.199. The smallest absolute Gasteiger partial charge is 0.321 e. The number of nitrogens with one attached hydrogen (secondary N) is 1. The fourth-order valence-electron chi connectivity index (χ4n) is 1.78. The van der Waals surface area contributed by atoms with Crippen LogP contribution in [0.2, 0.25) is 0 Å². The van der Waals surface area contributed by atoms with Gasteiger partial charge in [0.1, 0.15) is 12.2 Å². The van der Waals surface area contributed by atoms with Gasteiger partial charge < -0.3 is 9.88 Å². The summed E-state index contributed by atoms with van der Waals surface area (Å²) >= 11 is -0.101. The van der Waals surface area contributed by atoms with E-state index in [0.29, 0.717) is 6.54 Å². The molecule has 0 fully saturated rings. The van der Waals surface area contributed by atoms with Gasteiger partial charge in [-0.3, -0.25) is 0 Å². The summed E-state index contributed by atoms with van der Waals surface area (Å²) in [5, 5.41) is 11.0. The molecule has 0 atom stereocenters. The van der Waals surface area contributed by atoms with Crippen LogP contribution in [-0.2, 0) is 20.0 Å². The molecule has 114 valence electrons. The Morgan fingerprint density at radius 3 is 2.52 bits per heavy atom. The number of benzene rings is 1. The van der Waals surface area contributed by atoms with E-state index in [9.17, 15) is 13.2 Å². The molecule has 2 rings (SSSR count). The second kappa shape index (κ2) is 6.95. The maximum atomic E-state index is 12.2. The first kappa shape index (κ1) is 15.8. The van der Waals surface area contributed by atoms with Gasteiger partial charge in [-0.25, -0.2) is 0 Å². The topological polar surface area (TPSA) is 42.7 Å². The van der Waals surface area contributed by atoms with Crippen LogP contribution in [0.5, 0.6) is 0 Å². The molecule has 1 N–H and O–H groups in total. The first-order valence-electron chi connectivity index (χ1n) is 6.32. The molecule has 0 radical (unpaired) electrons. The minimum atomic E-state index is -4.24. The normalized spacial score (nSPS) is 11.8. The van der Waals surface area contributed by atoms with E-state index in [1.165, 1.54) is 12.1 Å². The van der Waals surface area contributed by atoms with Crippen molar-refractivity contribution in [3.63, 3.8) is 0 Å². The molecular weight excluding hydrogens is 301 g/mol. The molecule has 0 unspecified atom stereocenters. The zero-order valence-electron chi connectivity index (χ0n) is 11.4. The highest BCUT2D eigenvalue weighted by molar-refractivity contribution is 8.00. The van der Waals surface area contributed by atoms with E-state index in [0.717, 1.165) is 24.4 Å². The van der Waals surface area contributed by atoms with E-state index in [1.807, 2.05) is 11.6 Å². The summed E-state index contributed by atoms with van der Waals surface area (Å²) in [5.74, 6) is 0.888. The number of thioether (sulfide) groups is 1. The quantitative estimate of drug-likeness (QED) is 0.657. The Kier molecular flexibility index (Phi) is 5.24. The molecule has 1 aromatic heterocycles. The summed E-state index contributed by atoms with van der Waals surface area (Å²) < 4.78 is 38.4. The highest BCUT2D eigenvalue weighted by Gasteiger charge is 2.28. The monoisotopic (exact) mass is 316 g/mol. The summed E-state index contributed by atoms with van der Waals surface area (Å²) in [7, 11) is 1.88. The summed E-state index contributed by atoms with van der Waals surface area (Å²) in [5.41, 5.74) is -3.30. The van der Waals surface area contributed by atoms with Crippen LogP contribution in [-0.4, -0.2) is 26.8 Å². The molecule has 0 aliphatic carbocycles. The van der Waals surface area contributed by atoms with Crippen LogP contribution < -0.4 is 5.32 Å². The molecule has 0 saturated carbocycles. The third kappa shape index (κ3) is 5.39. The predicted octanol–water partition coefficient (Wildman–Crippen LogP) is 2.76. The number of aromatic nitrogens is 3. The molecule has 0 aliphatic rings.